The van der Waals surface area contributed by atoms with E-state index >= 15 is 0 Å². The second kappa shape index (κ2) is 9.58. The molecule has 0 radical (unpaired) electrons. The number of benzene rings is 2. The molecule has 0 aliphatic carbocycles. The van der Waals surface area contributed by atoms with Gasteiger partial charge in [0.1, 0.15) is 6.54 Å². The maximum atomic E-state index is 13.2. The number of hydrogen-bond acceptors (Lipinski definition) is 6. The molecule has 32 heavy (non-hydrogen) atoms. The van der Waals surface area contributed by atoms with E-state index in [9.17, 15) is 13.2 Å². The molecule has 0 bridgehead atoms. The van der Waals surface area contributed by atoms with Crippen LogP contribution in [0.3, 0.4) is 0 Å². The quantitative estimate of drug-likeness (QED) is 0.613. The normalized spacial score (nSPS) is 15.3. The first-order chi connectivity index (χ1) is 15.4. The summed E-state index contributed by atoms with van der Waals surface area (Å²) in [6, 6.07) is 14.3. The predicted molar refractivity (Wildman–Crippen MR) is 120 cm³/mol. The van der Waals surface area contributed by atoms with Crippen molar-refractivity contribution in [2.24, 2.45) is 0 Å². The van der Waals surface area contributed by atoms with Crippen LogP contribution in [0, 0.1) is 6.92 Å². The molecule has 2 aromatic carbocycles. The molecule has 0 atom stereocenters. The van der Waals surface area contributed by atoms with Gasteiger partial charge < -0.3 is 5.32 Å². The molecule has 1 amide bonds. The molecule has 2 heterocycles. The van der Waals surface area contributed by atoms with E-state index in [-0.39, 0.29) is 17.3 Å². The van der Waals surface area contributed by atoms with Crippen molar-refractivity contribution in [2.45, 2.75) is 44.0 Å². The molecular weight excluding hydrogens is 428 g/mol. The Balaban J connectivity index is 1.47. The molecule has 0 unspecified atom stereocenters. The average molecular weight is 455 g/mol. The minimum Gasteiger partial charge on any atom is -0.324 e. The lowest BCUT2D eigenvalue weighted by molar-refractivity contribution is -0.117. The minimum atomic E-state index is -3.62. The number of amides is 1. The molecule has 1 aliphatic heterocycles. The fraction of sp³-hybridized carbons (Fsp3) is 0.364. The first kappa shape index (κ1) is 22.1. The van der Waals surface area contributed by atoms with Crippen molar-refractivity contribution >= 4 is 21.6 Å². The van der Waals surface area contributed by atoms with Gasteiger partial charge in [0, 0.05) is 24.3 Å². The molecule has 1 fully saturated rings. The van der Waals surface area contributed by atoms with Crippen LogP contribution >= 0.6 is 0 Å². The summed E-state index contributed by atoms with van der Waals surface area (Å²) in [6.07, 6.45) is 3.82. The molecule has 9 nitrogen and oxygen atoms in total. The van der Waals surface area contributed by atoms with Gasteiger partial charge in [0.2, 0.25) is 21.8 Å². The van der Waals surface area contributed by atoms with Gasteiger partial charge in [-0.05, 0) is 42.7 Å². The molecule has 4 rings (SSSR count). The Kier molecular flexibility index (Phi) is 6.61. The molecule has 0 saturated carbocycles. The summed E-state index contributed by atoms with van der Waals surface area (Å²) in [7, 11) is -3.62. The third-order valence-corrected chi connectivity index (χ3v) is 7.47. The van der Waals surface area contributed by atoms with E-state index in [0.29, 0.717) is 30.2 Å². The van der Waals surface area contributed by atoms with Gasteiger partial charge in [-0.1, -0.05) is 49.2 Å². The van der Waals surface area contributed by atoms with Gasteiger partial charge in [-0.25, -0.2) is 8.42 Å². The Labute approximate surface area is 187 Å². The summed E-state index contributed by atoms with van der Waals surface area (Å²) in [5, 5.41) is 14.9. The molecule has 1 saturated heterocycles. The standard InChI is InChI=1S/C22H26N6O3S/c1-17-11-12-19(15-20(17)32(30,31)27-13-7-2-3-8-14-27)23-21(29)16-28-25-22(24-26-28)18-9-5-4-6-10-18/h4-6,9-12,15H,2-3,7-8,13-14,16H2,1H3,(H,23,29). The molecule has 1 aromatic heterocycles. The first-order valence-electron chi connectivity index (χ1n) is 10.7. The van der Waals surface area contributed by atoms with E-state index in [2.05, 4.69) is 20.7 Å². The summed E-state index contributed by atoms with van der Waals surface area (Å²) in [4.78, 5) is 14.0. The van der Waals surface area contributed by atoms with Gasteiger partial charge in [0.15, 0.2) is 0 Å². The van der Waals surface area contributed by atoms with Crippen LogP contribution in [0.1, 0.15) is 31.2 Å². The molecule has 10 heteroatoms. The van der Waals surface area contributed by atoms with Gasteiger partial charge >= 0.3 is 0 Å². The number of sulfonamides is 1. The number of carbonyl (C=O) groups excluding carboxylic acids is 1. The van der Waals surface area contributed by atoms with E-state index in [0.717, 1.165) is 31.2 Å². The molecule has 3 aromatic rings. The molecule has 1 aliphatic rings. The van der Waals surface area contributed by atoms with Crippen LogP contribution in [0.5, 0.6) is 0 Å². The monoisotopic (exact) mass is 454 g/mol. The number of nitrogens with zero attached hydrogens (tertiary/aromatic N) is 5. The maximum absolute atomic E-state index is 13.2. The average Bonchev–Trinajstić information content (AvgIpc) is 3.06. The van der Waals surface area contributed by atoms with Crippen LogP contribution in [0.25, 0.3) is 11.4 Å². The Morgan fingerprint density at radius 3 is 2.47 bits per heavy atom. The Morgan fingerprint density at radius 1 is 1.03 bits per heavy atom. The lowest BCUT2D eigenvalue weighted by Gasteiger charge is -2.21. The summed E-state index contributed by atoms with van der Waals surface area (Å²) < 4.78 is 28.0. The fourth-order valence-electron chi connectivity index (χ4n) is 3.72. The summed E-state index contributed by atoms with van der Waals surface area (Å²) in [6.45, 7) is 2.68. The van der Waals surface area contributed by atoms with Crippen molar-refractivity contribution in [1.82, 2.24) is 24.5 Å². The number of aryl methyl sites for hydroxylation is 1. The summed E-state index contributed by atoms with van der Waals surface area (Å²) in [5.41, 5.74) is 1.87. The Hall–Kier alpha value is -3.11. The fourth-order valence-corrected chi connectivity index (χ4v) is 5.49. The van der Waals surface area contributed by atoms with Crippen molar-refractivity contribution in [3.05, 3.63) is 54.1 Å². The number of tetrazole rings is 1. The van der Waals surface area contributed by atoms with E-state index in [1.165, 1.54) is 10.9 Å². The van der Waals surface area contributed by atoms with E-state index in [1.807, 2.05) is 30.3 Å². The topological polar surface area (TPSA) is 110 Å². The lowest BCUT2D eigenvalue weighted by Crippen LogP contribution is -2.32. The number of rotatable bonds is 6. The van der Waals surface area contributed by atoms with Crippen molar-refractivity contribution in [1.29, 1.82) is 0 Å². The maximum Gasteiger partial charge on any atom is 0.248 e. The Bertz CT molecular complexity index is 1190. The second-order valence-corrected chi connectivity index (χ2v) is 9.76. The van der Waals surface area contributed by atoms with E-state index in [1.54, 1.807) is 23.4 Å². The largest absolute Gasteiger partial charge is 0.324 e. The number of aromatic nitrogens is 4. The number of nitrogens with one attached hydrogen (secondary N) is 1. The van der Waals surface area contributed by atoms with Crippen molar-refractivity contribution < 1.29 is 13.2 Å². The highest BCUT2D eigenvalue weighted by atomic mass is 32.2. The van der Waals surface area contributed by atoms with E-state index < -0.39 is 10.0 Å². The van der Waals surface area contributed by atoms with Gasteiger partial charge in [-0.15, -0.1) is 10.2 Å². The zero-order chi connectivity index (χ0) is 22.6. The van der Waals surface area contributed by atoms with Gasteiger partial charge in [-0.2, -0.15) is 9.10 Å². The molecule has 0 spiro atoms. The highest BCUT2D eigenvalue weighted by molar-refractivity contribution is 7.89. The number of anilines is 1. The smallest absolute Gasteiger partial charge is 0.248 e. The van der Waals surface area contributed by atoms with Gasteiger partial charge in [0.05, 0.1) is 4.90 Å². The second-order valence-electron chi connectivity index (χ2n) is 7.86. The number of carbonyl (C=O) groups is 1. The van der Waals surface area contributed by atoms with Crippen LogP contribution in [0.2, 0.25) is 0 Å². The highest BCUT2D eigenvalue weighted by Crippen LogP contribution is 2.26. The summed E-state index contributed by atoms with van der Waals surface area (Å²) in [5.74, 6) is 0.0588. The van der Waals surface area contributed by atoms with E-state index in [4.69, 9.17) is 0 Å². The highest BCUT2D eigenvalue weighted by Gasteiger charge is 2.27. The molecule has 168 valence electrons. The third kappa shape index (κ3) is 5.03. The Morgan fingerprint density at radius 2 is 1.75 bits per heavy atom. The zero-order valence-electron chi connectivity index (χ0n) is 17.9. The third-order valence-electron chi connectivity index (χ3n) is 5.42. The lowest BCUT2D eigenvalue weighted by atomic mass is 10.2. The van der Waals surface area contributed by atoms with Gasteiger partial charge in [-0.3, -0.25) is 4.79 Å². The SMILES string of the molecule is Cc1ccc(NC(=O)Cn2nnc(-c3ccccc3)n2)cc1S(=O)(=O)N1CCCCCC1. The van der Waals surface area contributed by atoms with Crippen LogP contribution in [-0.2, 0) is 21.4 Å². The number of hydrogen-bond donors (Lipinski definition) is 1. The minimum absolute atomic E-state index is 0.137. The summed E-state index contributed by atoms with van der Waals surface area (Å²) >= 11 is 0. The van der Waals surface area contributed by atoms with Crippen molar-refractivity contribution in [3.8, 4) is 11.4 Å². The molecule has 1 N–H and O–H groups in total. The predicted octanol–water partition coefficient (Wildman–Crippen LogP) is 2.85. The van der Waals surface area contributed by atoms with Gasteiger partial charge in [0.25, 0.3) is 0 Å². The first-order valence-corrected chi connectivity index (χ1v) is 12.1. The van der Waals surface area contributed by atoms with Crippen molar-refractivity contribution in [2.75, 3.05) is 18.4 Å². The van der Waals surface area contributed by atoms with Crippen LogP contribution in [0.15, 0.2) is 53.4 Å². The van der Waals surface area contributed by atoms with Crippen LogP contribution in [-0.4, -0.2) is 51.9 Å². The zero-order valence-corrected chi connectivity index (χ0v) is 18.8. The van der Waals surface area contributed by atoms with Crippen LogP contribution in [0.4, 0.5) is 5.69 Å². The molecular formula is C22H26N6O3S. The van der Waals surface area contributed by atoms with Crippen LogP contribution < -0.4 is 5.32 Å². The van der Waals surface area contributed by atoms with Crippen molar-refractivity contribution in [3.63, 3.8) is 0 Å².